The van der Waals surface area contributed by atoms with Crippen molar-refractivity contribution in [1.29, 1.82) is 0 Å². The summed E-state index contributed by atoms with van der Waals surface area (Å²) in [5.74, 6) is 0. The highest BCUT2D eigenvalue weighted by atomic mass is 31.0. The summed E-state index contributed by atoms with van der Waals surface area (Å²) < 4.78 is 0. The minimum absolute atomic E-state index is 0. The van der Waals surface area contributed by atoms with Crippen molar-refractivity contribution in [3.8, 4) is 0 Å². The van der Waals surface area contributed by atoms with E-state index in [4.69, 9.17) is 0 Å². The lowest BCUT2D eigenvalue weighted by molar-refractivity contribution is 1.11. The third-order valence-electron chi connectivity index (χ3n) is 0. The Balaban J connectivity index is 0. The highest BCUT2D eigenvalue weighted by Crippen LogP contribution is 0.862. The molecule has 0 N–H and O–H groups in total. The van der Waals surface area contributed by atoms with Gasteiger partial charge in [-0.3, -0.25) is 28.2 Å². The van der Waals surface area contributed by atoms with Gasteiger partial charge >= 0.3 is 0 Å². The molecule has 0 spiro atoms. The molecular weight excluding hydrogens is 176 g/mol. The van der Waals surface area contributed by atoms with Crippen molar-refractivity contribution in [2.24, 2.45) is 0 Å². The smallest absolute Gasteiger partial charge is 0 e. The van der Waals surface area contributed by atoms with E-state index in [0.29, 0.717) is 0 Å². The molecule has 6 radical (unpaired) electrons. The van der Waals surface area contributed by atoms with E-state index in [1.807, 2.05) is 0 Å². The van der Waals surface area contributed by atoms with Gasteiger partial charge < -0.3 is 0 Å². The van der Waals surface area contributed by atoms with Gasteiger partial charge in [-0.25, -0.2) is 0 Å². The fourth-order valence-electron chi connectivity index (χ4n) is 0. The maximum absolute atomic E-state index is 0. The second kappa shape index (κ2) is 1590. The van der Waals surface area contributed by atoms with Gasteiger partial charge in [0.2, 0.25) is 0 Å². The van der Waals surface area contributed by atoms with Gasteiger partial charge in [-0.15, -0.1) is 0 Å². The Hall–Kier alpha value is 0.440. The quantitative estimate of drug-likeness (QED) is 0.399. The van der Waals surface area contributed by atoms with Crippen molar-refractivity contribution in [1.82, 2.24) is 0 Å². The van der Waals surface area contributed by atoms with E-state index in [1.165, 1.54) is 0 Å². The topological polar surface area (TPSA) is 0 Å². The van der Waals surface area contributed by atoms with E-state index in [-0.39, 0.29) is 48.0 Å². The molecule has 0 aliphatic rings. The first kappa shape index (κ1) is 2410. The summed E-state index contributed by atoms with van der Waals surface area (Å²) in [4.78, 5) is 0. The van der Waals surface area contributed by atoms with Crippen LogP contribution in [0.1, 0.15) is 0 Å². The van der Waals surface area contributed by atoms with Crippen LogP contribution in [0.15, 0.2) is 0 Å². The molecule has 0 aromatic carbocycles. The predicted octanol–water partition coefficient (Wildman–Crippen LogP) is 2.64. The van der Waals surface area contributed by atoms with Crippen LogP contribution < -0.4 is 0 Å². The maximum atomic E-state index is 0. The first-order valence-corrected chi connectivity index (χ1v) is 0. The van der Waals surface area contributed by atoms with Gasteiger partial charge in [-0.05, 0) is 0 Å². The molecule has 0 nitrogen and oxygen atoms in total. The van der Waals surface area contributed by atoms with E-state index in [9.17, 15) is 0 Å². The lowest BCUT2D eigenvalue weighted by Gasteiger charge is -0.270. The average Bonchev–Trinajstić information content (AvgIpc) is 0. The van der Waals surface area contributed by atoms with Crippen LogP contribution in [0.3, 0.4) is 0 Å². The molecule has 0 bridgehead atoms. The van der Waals surface area contributed by atoms with E-state index in [0.717, 1.165) is 0 Å². The van der Waals surface area contributed by atoms with E-state index >= 15 is 0 Å². The fourth-order valence-corrected chi connectivity index (χ4v) is 0. The number of hydrogen-bond donors (Lipinski definition) is 0. The fraction of sp³-hybridized carbons (Fsp3) is 0. The van der Waals surface area contributed by atoms with Gasteiger partial charge in [0.1, 0.15) is 0 Å². The molecule has 8 heteroatoms. The summed E-state index contributed by atoms with van der Waals surface area (Å²) in [5, 5.41) is 0. The molecule has 0 amide bonds. The van der Waals surface area contributed by atoms with Crippen LogP contribution in [0.4, 0.5) is 28.2 Å². The SMILES string of the molecule is F.F.F.F.F.F.[P].[P]. The van der Waals surface area contributed by atoms with Crippen molar-refractivity contribution >= 4 is 19.8 Å². The van der Waals surface area contributed by atoms with Gasteiger partial charge in [0.05, 0.1) is 0 Å². The highest BCUT2D eigenvalue weighted by Gasteiger charge is 0.00105. The van der Waals surface area contributed by atoms with Crippen LogP contribution in [0.5, 0.6) is 0 Å². The Morgan fingerprint density at radius 3 is 0.250 bits per heavy atom. The van der Waals surface area contributed by atoms with Crippen LogP contribution >= 0.6 is 19.8 Å². The molecule has 0 rings (SSSR count). The van der Waals surface area contributed by atoms with E-state index in [2.05, 4.69) is 0 Å². The Labute approximate surface area is 49.2 Å². The first-order chi connectivity index (χ1) is 0. The molecule has 0 saturated carbocycles. The van der Waals surface area contributed by atoms with Crippen molar-refractivity contribution in [3.05, 3.63) is 0 Å². The zero-order valence-electron chi connectivity index (χ0n) is 3.34. The first-order valence-electron chi connectivity index (χ1n) is 0. The average molecular weight is 182 g/mol. The van der Waals surface area contributed by atoms with Gasteiger partial charge in [0.25, 0.3) is 0 Å². The number of hydrogen-bond acceptors (Lipinski definition) is 0. The molecule has 8 heavy (non-hydrogen) atoms. The van der Waals surface area contributed by atoms with Crippen LogP contribution in [0.2, 0.25) is 0 Å². The summed E-state index contributed by atoms with van der Waals surface area (Å²) in [6.07, 6.45) is 0. The standard InChI is InChI=1S/6FH.2P/h6*1H;;. The van der Waals surface area contributed by atoms with Crippen molar-refractivity contribution in [2.45, 2.75) is 0 Å². The molecule has 58 valence electrons. The third-order valence-corrected chi connectivity index (χ3v) is 0. The number of halogens is 6. The summed E-state index contributed by atoms with van der Waals surface area (Å²) in [6.45, 7) is 0. The molecular formula is H6F6P2. The van der Waals surface area contributed by atoms with Crippen LogP contribution in [0.25, 0.3) is 0 Å². The Bertz CT molecular complexity index is 6.49. The van der Waals surface area contributed by atoms with Crippen LogP contribution in [-0.2, 0) is 0 Å². The van der Waals surface area contributed by atoms with E-state index in [1.54, 1.807) is 0 Å². The largest absolute Gasteiger partial charge is 0.269 e. The monoisotopic (exact) mass is 182 g/mol. The molecule has 0 atom stereocenters. The van der Waals surface area contributed by atoms with Gasteiger partial charge in [0, 0.05) is 19.8 Å². The molecule has 0 heterocycles. The van der Waals surface area contributed by atoms with Crippen LogP contribution in [-0.4, -0.2) is 0 Å². The second-order valence-corrected chi connectivity index (χ2v) is 0. The van der Waals surface area contributed by atoms with Gasteiger partial charge in [0.15, 0.2) is 0 Å². The second-order valence-electron chi connectivity index (χ2n) is 0. The Kier molecular flexibility index (Phi) is 481000. The maximum Gasteiger partial charge on any atom is 0 e. The molecule has 0 aromatic rings. The van der Waals surface area contributed by atoms with Crippen LogP contribution in [0, 0.1) is 0 Å². The predicted molar refractivity (Wildman–Crippen MR) is 28.9 cm³/mol. The zero-order valence-corrected chi connectivity index (χ0v) is 5.13. The van der Waals surface area contributed by atoms with Crippen molar-refractivity contribution < 1.29 is 28.2 Å². The lowest BCUT2D eigenvalue weighted by Crippen LogP contribution is 0.419. The zero-order chi connectivity index (χ0) is 0. The Morgan fingerprint density at radius 1 is 0.250 bits per heavy atom. The minimum atomic E-state index is 0. The molecule has 0 saturated heterocycles. The molecule has 0 fully saturated rings. The minimum Gasteiger partial charge on any atom is -0.269 e. The summed E-state index contributed by atoms with van der Waals surface area (Å²) in [5.41, 5.74) is 0. The normalized spacial score (nSPS) is 0. The summed E-state index contributed by atoms with van der Waals surface area (Å²) >= 11 is 0. The summed E-state index contributed by atoms with van der Waals surface area (Å²) in [6, 6.07) is 0. The molecule has 0 aliphatic heterocycles. The molecule has 0 unspecified atom stereocenters. The van der Waals surface area contributed by atoms with Gasteiger partial charge in [-0.2, -0.15) is 0 Å². The van der Waals surface area contributed by atoms with Crippen molar-refractivity contribution in [3.63, 3.8) is 0 Å². The Morgan fingerprint density at radius 2 is 0.250 bits per heavy atom. The third kappa shape index (κ3) is 984. The number of rotatable bonds is 0. The molecule has 0 aromatic heterocycles. The lowest BCUT2D eigenvalue weighted by atomic mass is 19.0. The van der Waals surface area contributed by atoms with E-state index < -0.39 is 0 Å². The molecule has 0 aliphatic carbocycles. The van der Waals surface area contributed by atoms with Gasteiger partial charge in [-0.1, -0.05) is 0 Å². The summed E-state index contributed by atoms with van der Waals surface area (Å²) in [7, 11) is 0. The van der Waals surface area contributed by atoms with Crippen molar-refractivity contribution in [2.75, 3.05) is 0 Å². The highest BCUT2D eigenvalue weighted by molar-refractivity contribution is 6.92.